The molecule has 4 heteroatoms. The van der Waals surface area contributed by atoms with Crippen LogP contribution in [-0.2, 0) is 4.79 Å². The predicted octanol–water partition coefficient (Wildman–Crippen LogP) is 2.34. The molecular weight excluding hydrogens is 252 g/mol. The zero-order valence-corrected chi connectivity index (χ0v) is 13.0. The number of aliphatic carboxylic acids is 1. The van der Waals surface area contributed by atoms with Crippen molar-refractivity contribution in [3.8, 4) is 0 Å². The minimum absolute atomic E-state index is 0.223. The van der Waals surface area contributed by atoms with Gasteiger partial charge < -0.3 is 10.4 Å². The van der Waals surface area contributed by atoms with Crippen LogP contribution in [-0.4, -0.2) is 47.7 Å². The molecule has 2 saturated carbocycles. The van der Waals surface area contributed by atoms with E-state index in [4.69, 9.17) is 5.11 Å². The van der Waals surface area contributed by atoms with E-state index in [-0.39, 0.29) is 6.54 Å². The summed E-state index contributed by atoms with van der Waals surface area (Å²) in [7, 11) is 0. The number of rotatable bonds is 10. The average molecular weight is 282 g/mol. The first-order chi connectivity index (χ1) is 9.54. The SMILES string of the molecule is CC(C)CCCNC1CC(N(CC(=O)O)CC2CC2)C1. The van der Waals surface area contributed by atoms with Gasteiger partial charge in [0.05, 0.1) is 6.54 Å². The molecule has 2 aliphatic carbocycles. The molecule has 0 bridgehead atoms. The Kier molecular flexibility index (Phi) is 5.85. The largest absolute Gasteiger partial charge is 0.480 e. The van der Waals surface area contributed by atoms with Crippen LogP contribution in [0.3, 0.4) is 0 Å². The van der Waals surface area contributed by atoms with E-state index in [2.05, 4.69) is 24.1 Å². The van der Waals surface area contributed by atoms with Gasteiger partial charge in [0.15, 0.2) is 0 Å². The third-order valence-electron chi connectivity index (χ3n) is 4.55. The summed E-state index contributed by atoms with van der Waals surface area (Å²) in [5.74, 6) is 0.877. The fourth-order valence-electron chi connectivity index (χ4n) is 3.02. The molecule has 0 aromatic rings. The summed E-state index contributed by atoms with van der Waals surface area (Å²) in [6, 6.07) is 1.11. The van der Waals surface area contributed by atoms with Crippen molar-refractivity contribution in [1.29, 1.82) is 0 Å². The minimum Gasteiger partial charge on any atom is -0.480 e. The van der Waals surface area contributed by atoms with Crippen LogP contribution >= 0.6 is 0 Å². The van der Waals surface area contributed by atoms with Crippen LogP contribution in [0.15, 0.2) is 0 Å². The third-order valence-corrected chi connectivity index (χ3v) is 4.55. The summed E-state index contributed by atoms with van der Waals surface area (Å²) < 4.78 is 0. The molecule has 0 spiro atoms. The lowest BCUT2D eigenvalue weighted by Gasteiger charge is -2.43. The Hall–Kier alpha value is -0.610. The van der Waals surface area contributed by atoms with Gasteiger partial charge in [-0.2, -0.15) is 0 Å². The van der Waals surface area contributed by atoms with Crippen LogP contribution in [0.4, 0.5) is 0 Å². The molecule has 2 N–H and O–H groups in total. The van der Waals surface area contributed by atoms with E-state index in [1.54, 1.807) is 0 Å². The van der Waals surface area contributed by atoms with Crippen molar-refractivity contribution in [1.82, 2.24) is 10.2 Å². The highest BCUT2D eigenvalue weighted by molar-refractivity contribution is 5.69. The summed E-state index contributed by atoms with van der Waals surface area (Å²) in [4.78, 5) is 13.2. The first-order valence-corrected chi connectivity index (χ1v) is 8.23. The second-order valence-corrected chi connectivity index (χ2v) is 7.08. The van der Waals surface area contributed by atoms with Crippen molar-refractivity contribution < 1.29 is 9.90 Å². The molecule has 0 aliphatic heterocycles. The summed E-state index contributed by atoms with van der Waals surface area (Å²) >= 11 is 0. The van der Waals surface area contributed by atoms with Crippen molar-refractivity contribution in [2.75, 3.05) is 19.6 Å². The Morgan fingerprint density at radius 1 is 1.35 bits per heavy atom. The van der Waals surface area contributed by atoms with Gasteiger partial charge >= 0.3 is 5.97 Å². The monoisotopic (exact) mass is 282 g/mol. The molecule has 0 heterocycles. The van der Waals surface area contributed by atoms with Crippen molar-refractivity contribution in [2.24, 2.45) is 11.8 Å². The van der Waals surface area contributed by atoms with Gasteiger partial charge in [0.25, 0.3) is 0 Å². The molecule has 0 saturated heterocycles. The topological polar surface area (TPSA) is 52.6 Å². The Labute approximate surface area is 122 Å². The zero-order chi connectivity index (χ0) is 14.5. The number of nitrogens with zero attached hydrogens (tertiary/aromatic N) is 1. The quantitative estimate of drug-likeness (QED) is 0.604. The van der Waals surface area contributed by atoms with E-state index in [0.717, 1.165) is 37.8 Å². The van der Waals surface area contributed by atoms with E-state index in [9.17, 15) is 4.79 Å². The molecule has 2 aliphatic rings. The van der Waals surface area contributed by atoms with E-state index < -0.39 is 5.97 Å². The average Bonchev–Trinajstić information content (AvgIpc) is 3.08. The highest BCUT2D eigenvalue weighted by atomic mass is 16.4. The number of carboxylic acid groups (broad SMARTS) is 1. The molecule has 116 valence electrons. The maximum absolute atomic E-state index is 11.0. The van der Waals surface area contributed by atoms with Gasteiger partial charge in [0, 0.05) is 18.6 Å². The molecule has 0 radical (unpaired) electrons. The molecule has 20 heavy (non-hydrogen) atoms. The third kappa shape index (κ3) is 5.41. The van der Waals surface area contributed by atoms with Gasteiger partial charge in [0.1, 0.15) is 0 Å². The smallest absolute Gasteiger partial charge is 0.317 e. The Morgan fingerprint density at radius 2 is 2.05 bits per heavy atom. The number of nitrogens with one attached hydrogen (secondary N) is 1. The van der Waals surface area contributed by atoms with Gasteiger partial charge in [-0.25, -0.2) is 0 Å². The van der Waals surface area contributed by atoms with Crippen LogP contribution in [0.5, 0.6) is 0 Å². The van der Waals surface area contributed by atoms with Gasteiger partial charge in [-0.05, 0) is 56.9 Å². The van der Waals surface area contributed by atoms with Crippen LogP contribution < -0.4 is 5.32 Å². The lowest BCUT2D eigenvalue weighted by molar-refractivity contribution is -0.139. The van der Waals surface area contributed by atoms with Gasteiger partial charge in [-0.1, -0.05) is 13.8 Å². The fourth-order valence-corrected chi connectivity index (χ4v) is 3.02. The second kappa shape index (κ2) is 7.41. The van der Waals surface area contributed by atoms with Crippen molar-refractivity contribution in [3.63, 3.8) is 0 Å². The van der Waals surface area contributed by atoms with Gasteiger partial charge in [0.2, 0.25) is 0 Å². The molecule has 0 atom stereocenters. The summed E-state index contributed by atoms with van der Waals surface area (Å²) in [5, 5.41) is 12.6. The first-order valence-electron chi connectivity index (χ1n) is 8.23. The lowest BCUT2D eigenvalue weighted by atomic mass is 9.85. The molecule has 0 unspecified atom stereocenters. The fraction of sp³-hybridized carbons (Fsp3) is 0.938. The zero-order valence-electron chi connectivity index (χ0n) is 13.0. The molecule has 0 aromatic heterocycles. The van der Waals surface area contributed by atoms with Crippen molar-refractivity contribution in [3.05, 3.63) is 0 Å². The number of carboxylic acids is 1. The summed E-state index contributed by atoms with van der Waals surface area (Å²) in [6.07, 6.45) is 7.37. The molecule has 4 nitrogen and oxygen atoms in total. The van der Waals surface area contributed by atoms with Crippen LogP contribution in [0, 0.1) is 11.8 Å². The predicted molar refractivity (Wildman–Crippen MR) is 80.8 cm³/mol. The van der Waals surface area contributed by atoms with Gasteiger partial charge in [-0.15, -0.1) is 0 Å². The Morgan fingerprint density at radius 3 is 2.60 bits per heavy atom. The molecule has 2 fully saturated rings. The number of hydrogen-bond acceptors (Lipinski definition) is 3. The van der Waals surface area contributed by atoms with Crippen LogP contribution in [0.2, 0.25) is 0 Å². The lowest BCUT2D eigenvalue weighted by Crippen LogP contribution is -2.54. The normalized spacial score (nSPS) is 26.0. The summed E-state index contributed by atoms with van der Waals surface area (Å²) in [5.41, 5.74) is 0. The molecule has 0 aromatic carbocycles. The summed E-state index contributed by atoms with van der Waals surface area (Å²) in [6.45, 7) is 6.86. The Balaban J connectivity index is 1.60. The maximum Gasteiger partial charge on any atom is 0.317 e. The number of hydrogen-bond donors (Lipinski definition) is 2. The van der Waals surface area contributed by atoms with Crippen LogP contribution in [0.25, 0.3) is 0 Å². The van der Waals surface area contributed by atoms with Crippen molar-refractivity contribution >= 4 is 5.97 Å². The van der Waals surface area contributed by atoms with Crippen LogP contribution in [0.1, 0.15) is 52.4 Å². The van der Waals surface area contributed by atoms with E-state index in [0.29, 0.717) is 12.1 Å². The highest BCUT2D eigenvalue weighted by Gasteiger charge is 2.36. The maximum atomic E-state index is 11.0. The number of carbonyl (C=O) groups is 1. The standard InChI is InChI=1S/C16H30N2O2/c1-12(2)4-3-7-17-14-8-15(9-14)18(11-16(19)20)10-13-5-6-13/h12-15,17H,3-11H2,1-2H3,(H,19,20). The van der Waals surface area contributed by atoms with E-state index in [1.807, 2.05) is 0 Å². The molecule has 2 rings (SSSR count). The van der Waals surface area contributed by atoms with Crippen molar-refractivity contribution in [2.45, 2.75) is 64.5 Å². The molecule has 0 amide bonds. The highest BCUT2D eigenvalue weighted by Crippen LogP contribution is 2.33. The first kappa shape index (κ1) is 15.8. The van der Waals surface area contributed by atoms with E-state index >= 15 is 0 Å². The van der Waals surface area contributed by atoms with E-state index in [1.165, 1.54) is 25.7 Å². The Bertz CT molecular complexity index is 310. The molecular formula is C16H30N2O2. The minimum atomic E-state index is -0.681. The second-order valence-electron chi connectivity index (χ2n) is 7.08. The van der Waals surface area contributed by atoms with Gasteiger partial charge in [-0.3, -0.25) is 9.69 Å².